The molecule has 3 atom stereocenters. The zero-order valence-electron chi connectivity index (χ0n) is 17.9. The standard InChI is InChI=1S/C27H34N2O/c30-23-10-6-19(7-11-23)17-28-22-9-8-21-15-26-24-3-1-2-12-27(24,25(21)16-22)13-14-29(26)18-20-4-5-20/h6-11,16,20,24,26,28,30H,1-5,12-15,17-18H2/t24-,26+,27+/m0/s1. The fraction of sp³-hybridized carbons (Fsp3) is 0.556. The number of hydrogen-bond donors (Lipinski definition) is 2. The van der Waals surface area contributed by atoms with Crippen LogP contribution in [-0.2, 0) is 18.4 Å². The highest BCUT2D eigenvalue weighted by Gasteiger charge is 2.54. The first-order chi connectivity index (χ1) is 14.7. The molecular weight excluding hydrogens is 368 g/mol. The molecule has 2 N–H and O–H groups in total. The summed E-state index contributed by atoms with van der Waals surface area (Å²) in [4.78, 5) is 2.89. The first kappa shape index (κ1) is 18.7. The van der Waals surface area contributed by atoms with Crippen LogP contribution in [0.4, 0.5) is 5.69 Å². The Bertz CT molecular complexity index is 919. The molecule has 0 amide bonds. The molecular formula is C27H34N2O. The fourth-order valence-corrected chi connectivity index (χ4v) is 6.87. The van der Waals surface area contributed by atoms with Crippen LogP contribution >= 0.6 is 0 Å². The quantitative estimate of drug-likeness (QED) is 0.696. The Morgan fingerprint density at radius 1 is 1.00 bits per heavy atom. The van der Waals surface area contributed by atoms with Gasteiger partial charge in [0.05, 0.1) is 0 Å². The van der Waals surface area contributed by atoms with Crippen LogP contribution in [0.3, 0.4) is 0 Å². The largest absolute Gasteiger partial charge is 0.508 e. The predicted octanol–water partition coefficient (Wildman–Crippen LogP) is 5.47. The molecule has 2 aromatic rings. The zero-order chi connectivity index (χ0) is 20.1. The molecule has 3 nitrogen and oxygen atoms in total. The highest BCUT2D eigenvalue weighted by molar-refractivity contribution is 5.54. The van der Waals surface area contributed by atoms with Crippen molar-refractivity contribution >= 4 is 5.69 Å². The van der Waals surface area contributed by atoms with Crippen LogP contribution in [0.5, 0.6) is 5.75 Å². The molecule has 0 spiro atoms. The second kappa shape index (κ2) is 7.30. The summed E-state index contributed by atoms with van der Waals surface area (Å²) in [5, 5.41) is 13.2. The monoisotopic (exact) mass is 402 g/mol. The van der Waals surface area contributed by atoms with Crippen LogP contribution in [0.15, 0.2) is 42.5 Å². The summed E-state index contributed by atoms with van der Waals surface area (Å²) in [5.41, 5.74) is 6.17. The van der Waals surface area contributed by atoms with Crippen LogP contribution in [0.2, 0.25) is 0 Å². The number of aromatic hydroxyl groups is 1. The summed E-state index contributed by atoms with van der Waals surface area (Å²) in [6, 6.07) is 15.5. The SMILES string of the molecule is Oc1ccc(CNc2ccc3c(c2)[C@@]24CCCC[C@H]2[C@@H](C3)N(CC2CC2)CC4)cc1. The maximum Gasteiger partial charge on any atom is 0.115 e. The molecule has 158 valence electrons. The number of fused-ring (bicyclic) bond motifs is 1. The van der Waals surface area contributed by atoms with E-state index >= 15 is 0 Å². The van der Waals surface area contributed by atoms with Crippen molar-refractivity contribution in [3.8, 4) is 5.75 Å². The number of anilines is 1. The van der Waals surface area contributed by atoms with Gasteiger partial charge in [0.2, 0.25) is 0 Å². The van der Waals surface area contributed by atoms with E-state index in [1.807, 2.05) is 12.1 Å². The normalized spacial score (nSPS) is 30.4. The molecule has 1 heterocycles. The number of piperidine rings is 1. The number of hydrogen-bond acceptors (Lipinski definition) is 3. The van der Waals surface area contributed by atoms with Gasteiger partial charge in [-0.25, -0.2) is 0 Å². The second-order valence-electron chi connectivity index (χ2n) is 10.4. The van der Waals surface area contributed by atoms with Gasteiger partial charge in [0.15, 0.2) is 0 Å². The molecule has 0 aromatic heterocycles. The number of phenolic OH excluding ortho intramolecular Hbond substituents is 1. The summed E-state index contributed by atoms with van der Waals surface area (Å²) in [6.45, 7) is 3.47. The zero-order valence-corrected chi connectivity index (χ0v) is 17.9. The Kier molecular flexibility index (Phi) is 4.56. The van der Waals surface area contributed by atoms with Gasteiger partial charge in [-0.3, -0.25) is 4.90 Å². The van der Waals surface area contributed by atoms with E-state index in [1.54, 1.807) is 23.3 Å². The lowest BCUT2D eigenvalue weighted by atomic mass is 9.52. The molecule has 3 heteroatoms. The minimum atomic E-state index is 0.331. The second-order valence-corrected chi connectivity index (χ2v) is 10.4. The Morgan fingerprint density at radius 2 is 1.87 bits per heavy atom. The highest BCUT2D eigenvalue weighted by Crippen LogP contribution is 2.56. The Labute approximate surface area is 180 Å². The van der Waals surface area contributed by atoms with E-state index in [0.29, 0.717) is 11.2 Å². The topological polar surface area (TPSA) is 35.5 Å². The molecule has 1 saturated heterocycles. The first-order valence-electron chi connectivity index (χ1n) is 12.1. The molecule has 2 saturated carbocycles. The summed E-state index contributed by atoms with van der Waals surface area (Å²) >= 11 is 0. The molecule has 30 heavy (non-hydrogen) atoms. The third kappa shape index (κ3) is 3.22. The van der Waals surface area contributed by atoms with Crippen LogP contribution in [-0.4, -0.2) is 29.1 Å². The van der Waals surface area contributed by atoms with Crippen molar-refractivity contribution in [2.45, 2.75) is 69.4 Å². The van der Waals surface area contributed by atoms with Gasteiger partial charge in [-0.2, -0.15) is 0 Å². The number of benzene rings is 2. The number of phenols is 1. The number of likely N-dealkylation sites (tertiary alicyclic amines) is 1. The third-order valence-corrected chi connectivity index (χ3v) is 8.57. The van der Waals surface area contributed by atoms with Crippen molar-refractivity contribution in [1.29, 1.82) is 0 Å². The smallest absolute Gasteiger partial charge is 0.115 e. The van der Waals surface area contributed by atoms with Crippen molar-refractivity contribution in [1.82, 2.24) is 4.90 Å². The van der Waals surface area contributed by atoms with Crippen molar-refractivity contribution < 1.29 is 5.11 Å². The summed E-state index contributed by atoms with van der Waals surface area (Å²) in [6.07, 6.45) is 11.2. The predicted molar refractivity (Wildman–Crippen MR) is 122 cm³/mol. The molecule has 4 aliphatic rings. The van der Waals surface area contributed by atoms with Gasteiger partial charge < -0.3 is 10.4 Å². The van der Waals surface area contributed by atoms with Crippen LogP contribution < -0.4 is 5.32 Å². The van der Waals surface area contributed by atoms with E-state index < -0.39 is 0 Å². The van der Waals surface area contributed by atoms with Gasteiger partial charge in [-0.05, 0) is 97.9 Å². The van der Waals surface area contributed by atoms with Gasteiger partial charge in [-0.15, -0.1) is 0 Å². The molecule has 0 radical (unpaired) electrons. The van der Waals surface area contributed by atoms with Gasteiger partial charge in [-0.1, -0.05) is 31.0 Å². The van der Waals surface area contributed by atoms with Gasteiger partial charge in [0, 0.05) is 30.2 Å². The minimum absolute atomic E-state index is 0.331. The lowest BCUT2D eigenvalue weighted by molar-refractivity contribution is -0.0133. The Hall–Kier alpha value is -2.00. The van der Waals surface area contributed by atoms with Crippen LogP contribution in [0.25, 0.3) is 0 Å². The van der Waals surface area contributed by atoms with Crippen LogP contribution in [0.1, 0.15) is 61.6 Å². The van der Waals surface area contributed by atoms with E-state index in [4.69, 9.17) is 0 Å². The van der Waals surface area contributed by atoms with Crippen molar-refractivity contribution in [3.63, 3.8) is 0 Å². The van der Waals surface area contributed by atoms with E-state index in [1.165, 1.54) is 75.7 Å². The maximum absolute atomic E-state index is 9.51. The lowest BCUT2D eigenvalue weighted by Gasteiger charge is -2.59. The van der Waals surface area contributed by atoms with Crippen LogP contribution in [0, 0.1) is 11.8 Å². The fourth-order valence-electron chi connectivity index (χ4n) is 6.87. The third-order valence-electron chi connectivity index (χ3n) is 8.57. The molecule has 2 aromatic carbocycles. The maximum atomic E-state index is 9.51. The average Bonchev–Trinajstić information content (AvgIpc) is 3.59. The van der Waals surface area contributed by atoms with E-state index in [9.17, 15) is 5.11 Å². The summed E-state index contributed by atoms with van der Waals surface area (Å²) in [7, 11) is 0. The van der Waals surface area contributed by atoms with Gasteiger partial charge >= 0.3 is 0 Å². The van der Waals surface area contributed by atoms with E-state index in [0.717, 1.165) is 24.4 Å². The molecule has 1 aliphatic heterocycles. The summed E-state index contributed by atoms with van der Waals surface area (Å²) < 4.78 is 0. The van der Waals surface area contributed by atoms with Crippen molar-refractivity contribution in [2.24, 2.45) is 11.8 Å². The number of nitrogens with one attached hydrogen (secondary N) is 1. The lowest BCUT2D eigenvalue weighted by Crippen LogP contribution is -2.61. The first-order valence-corrected chi connectivity index (χ1v) is 12.1. The Balaban J connectivity index is 1.28. The summed E-state index contributed by atoms with van der Waals surface area (Å²) in [5.74, 6) is 2.19. The number of rotatable bonds is 5. The molecule has 6 rings (SSSR count). The highest BCUT2D eigenvalue weighted by atomic mass is 16.3. The van der Waals surface area contributed by atoms with Crippen molar-refractivity contribution in [3.05, 3.63) is 59.2 Å². The average molecular weight is 403 g/mol. The van der Waals surface area contributed by atoms with E-state index in [-0.39, 0.29) is 0 Å². The number of nitrogens with zero attached hydrogens (tertiary/aromatic N) is 1. The minimum Gasteiger partial charge on any atom is -0.508 e. The van der Waals surface area contributed by atoms with Gasteiger partial charge in [0.25, 0.3) is 0 Å². The van der Waals surface area contributed by atoms with Crippen molar-refractivity contribution in [2.75, 3.05) is 18.4 Å². The van der Waals surface area contributed by atoms with Gasteiger partial charge in [0.1, 0.15) is 5.75 Å². The van der Waals surface area contributed by atoms with E-state index in [2.05, 4.69) is 28.4 Å². The molecule has 0 unspecified atom stereocenters. The molecule has 2 bridgehead atoms. The molecule has 3 aliphatic carbocycles. The molecule has 3 fully saturated rings. The Morgan fingerprint density at radius 3 is 2.70 bits per heavy atom.